The molecule has 124 valence electrons. The van der Waals surface area contributed by atoms with Gasteiger partial charge in [0, 0.05) is 19.6 Å². The lowest BCUT2D eigenvalue weighted by molar-refractivity contribution is 0.0269. The maximum atomic E-state index is 5.55. The second kappa shape index (κ2) is 6.68. The third kappa shape index (κ3) is 3.54. The highest BCUT2D eigenvalue weighted by Gasteiger charge is 2.31. The summed E-state index contributed by atoms with van der Waals surface area (Å²) < 4.78 is 16.3. The molecule has 0 radical (unpaired) electrons. The molecule has 23 heavy (non-hydrogen) atoms. The van der Waals surface area contributed by atoms with Crippen LogP contribution < -0.4 is 4.74 Å². The summed E-state index contributed by atoms with van der Waals surface area (Å²) in [7, 11) is 1.64. The molecule has 0 amide bonds. The summed E-state index contributed by atoms with van der Waals surface area (Å²) in [6.07, 6.45) is 0. The van der Waals surface area contributed by atoms with Crippen LogP contribution in [0.15, 0.2) is 28.8 Å². The second-order valence-electron chi connectivity index (χ2n) is 6.40. The lowest BCUT2D eigenvalue weighted by atomic mass is 9.92. The Morgan fingerprint density at radius 1 is 1.22 bits per heavy atom. The Hall–Kier alpha value is -1.92. The molecule has 1 aromatic carbocycles. The van der Waals surface area contributed by atoms with Gasteiger partial charge in [0.1, 0.15) is 5.75 Å². The first-order valence-corrected chi connectivity index (χ1v) is 7.88. The number of hydrogen-bond acceptors (Lipinski definition) is 6. The van der Waals surface area contributed by atoms with Crippen molar-refractivity contribution in [3.8, 4) is 17.1 Å². The molecule has 0 aliphatic carbocycles. The predicted octanol–water partition coefficient (Wildman–Crippen LogP) is 2.36. The van der Waals surface area contributed by atoms with Crippen molar-refractivity contribution >= 4 is 0 Å². The predicted molar refractivity (Wildman–Crippen MR) is 86.6 cm³/mol. The molecule has 1 saturated heterocycles. The Bertz CT molecular complexity index is 648. The molecule has 1 aliphatic rings. The number of nitrogens with zero attached hydrogens (tertiary/aromatic N) is 3. The highest BCUT2D eigenvalue weighted by Crippen LogP contribution is 2.30. The van der Waals surface area contributed by atoms with Gasteiger partial charge in [-0.05, 0) is 26.0 Å². The summed E-state index contributed by atoms with van der Waals surface area (Å²) >= 11 is 0. The first-order valence-electron chi connectivity index (χ1n) is 7.88. The first kappa shape index (κ1) is 16.0. The van der Waals surface area contributed by atoms with Crippen molar-refractivity contribution in [2.24, 2.45) is 0 Å². The topological polar surface area (TPSA) is 60.6 Å². The average molecular weight is 317 g/mol. The summed E-state index contributed by atoms with van der Waals surface area (Å²) in [5.41, 5.74) is 0.622. The van der Waals surface area contributed by atoms with Crippen molar-refractivity contribution in [1.82, 2.24) is 15.0 Å². The molecule has 0 N–H and O–H groups in total. The number of benzene rings is 1. The summed E-state index contributed by atoms with van der Waals surface area (Å²) in [6.45, 7) is 8.57. The van der Waals surface area contributed by atoms with Crippen molar-refractivity contribution < 1.29 is 14.0 Å². The van der Waals surface area contributed by atoms with E-state index in [9.17, 15) is 0 Å². The fourth-order valence-electron chi connectivity index (χ4n) is 2.82. The Balaban J connectivity index is 1.80. The van der Waals surface area contributed by atoms with Crippen LogP contribution in [0.25, 0.3) is 11.4 Å². The quantitative estimate of drug-likeness (QED) is 0.843. The number of ether oxygens (including phenoxy) is 2. The molecule has 0 unspecified atom stereocenters. The van der Waals surface area contributed by atoms with Crippen molar-refractivity contribution in [3.05, 3.63) is 30.2 Å². The van der Waals surface area contributed by atoms with Gasteiger partial charge >= 0.3 is 0 Å². The van der Waals surface area contributed by atoms with E-state index in [1.165, 1.54) is 0 Å². The number of aromatic nitrogens is 2. The molecule has 0 spiro atoms. The van der Waals surface area contributed by atoms with E-state index in [1.54, 1.807) is 7.11 Å². The van der Waals surface area contributed by atoms with E-state index in [4.69, 9.17) is 14.0 Å². The molecule has 1 fully saturated rings. The molecule has 6 nitrogen and oxygen atoms in total. The normalized spacial score (nSPS) is 16.5. The number of rotatable bonds is 5. The van der Waals surface area contributed by atoms with Crippen molar-refractivity contribution in [2.75, 3.05) is 40.0 Å². The van der Waals surface area contributed by atoms with E-state index in [2.05, 4.69) is 28.9 Å². The van der Waals surface area contributed by atoms with Crippen LogP contribution in [0.4, 0.5) is 0 Å². The lowest BCUT2D eigenvalue weighted by Crippen LogP contribution is -2.43. The third-order valence-corrected chi connectivity index (χ3v) is 4.08. The van der Waals surface area contributed by atoms with Crippen LogP contribution in [-0.4, -0.2) is 55.0 Å². The Kier molecular flexibility index (Phi) is 4.63. The largest absolute Gasteiger partial charge is 0.496 e. The van der Waals surface area contributed by atoms with Gasteiger partial charge in [0.25, 0.3) is 0 Å². The van der Waals surface area contributed by atoms with Crippen molar-refractivity contribution in [2.45, 2.75) is 19.3 Å². The van der Waals surface area contributed by atoms with Crippen LogP contribution in [0.2, 0.25) is 0 Å². The van der Waals surface area contributed by atoms with Crippen LogP contribution in [0.3, 0.4) is 0 Å². The Labute approximate surface area is 136 Å². The third-order valence-electron chi connectivity index (χ3n) is 4.08. The minimum atomic E-state index is -0.218. The van der Waals surface area contributed by atoms with E-state index < -0.39 is 0 Å². The molecule has 3 rings (SSSR count). The highest BCUT2D eigenvalue weighted by molar-refractivity contribution is 5.63. The zero-order valence-corrected chi connectivity index (χ0v) is 13.9. The van der Waals surface area contributed by atoms with Crippen LogP contribution in [0.1, 0.15) is 19.7 Å². The Morgan fingerprint density at radius 2 is 1.96 bits per heavy atom. The van der Waals surface area contributed by atoms with E-state index in [0.717, 1.165) is 44.2 Å². The van der Waals surface area contributed by atoms with Gasteiger partial charge in [-0.1, -0.05) is 17.3 Å². The number of para-hydroxylation sites is 1. The molecule has 2 aromatic rings. The highest BCUT2D eigenvalue weighted by atomic mass is 16.5. The van der Waals surface area contributed by atoms with Gasteiger partial charge in [0.05, 0.1) is 31.3 Å². The van der Waals surface area contributed by atoms with Crippen molar-refractivity contribution in [1.29, 1.82) is 0 Å². The fourth-order valence-corrected chi connectivity index (χ4v) is 2.82. The summed E-state index contributed by atoms with van der Waals surface area (Å²) in [5.74, 6) is 1.95. The molecule has 0 atom stereocenters. The van der Waals surface area contributed by atoms with Gasteiger partial charge in [-0.2, -0.15) is 4.98 Å². The maximum absolute atomic E-state index is 5.55. The van der Waals surface area contributed by atoms with E-state index >= 15 is 0 Å². The smallest absolute Gasteiger partial charge is 0.233 e. The summed E-state index contributed by atoms with van der Waals surface area (Å²) in [6, 6.07) is 7.69. The summed E-state index contributed by atoms with van der Waals surface area (Å²) in [5, 5.41) is 4.15. The number of hydrogen-bond donors (Lipinski definition) is 0. The molecule has 0 saturated carbocycles. The molecule has 1 aliphatic heterocycles. The standard InChI is InChI=1S/C17H23N3O3/c1-17(2,12-20-8-10-22-11-9-20)16-18-15(19-23-16)13-6-4-5-7-14(13)21-3/h4-7H,8-12H2,1-3H3. The first-order chi connectivity index (χ1) is 11.1. The van der Waals surface area contributed by atoms with Gasteiger partial charge in [-0.3, -0.25) is 4.90 Å². The number of methoxy groups -OCH3 is 1. The van der Waals surface area contributed by atoms with Gasteiger partial charge < -0.3 is 14.0 Å². The SMILES string of the molecule is COc1ccccc1-c1noc(C(C)(C)CN2CCOCC2)n1. The van der Waals surface area contributed by atoms with Gasteiger partial charge in [-0.15, -0.1) is 0 Å². The fraction of sp³-hybridized carbons (Fsp3) is 0.529. The molecular formula is C17H23N3O3. The molecule has 1 aromatic heterocycles. The number of morpholine rings is 1. The zero-order chi connectivity index (χ0) is 16.3. The van der Waals surface area contributed by atoms with Gasteiger partial charge in [0.15, 0.2) is 0 Å². The minimum absolute atomic E-state index is 0.218. The van der Waals surface area contributed by atoms with Crippen LogP contribution in [0.5, 0.6) is 5.75 Å². The zero-order valence-electron chi connectivity index (χ0n) is 13.9. The Morgan fingerprint density at radius 3 is 2.70 bits per heavy atom. The van der Waals surface area contributed by atoms with Crippen LogP contribution in [0, 0.1) is 0 Å². The van der Waals surface area contributed by atoms with E-state index in [0.29, 0.717) is 11.7 Å². The van der Waals surface area contributed by atoms with Crippen LogP contribution in [-0.2, 0) is 10.2 Å². The lowest BCUT2D eigenvalue weighted by Gasteiger charge is -2.32. The van der Waals surface area contributed by atoms with Crippen molar-refractivity contribution in [3.63, 3.8) is 0 Å². The molecular weight excluding hydrogens is 294 g/mol. The average Bonchev–Trinajstić information content (AvgIpc) is 3.06. The molecule has 0 bridgehead atoms. The molecule has 6 heteroatoms. The van der Waals surface area contributed by atoms with Gasteiger partial charge in [-0.25, -0.2) is 0 Å². The second-order valence-corrected chi connectivity index (χ2v) is 6.40. The maximum Gasteiger partial charge on any atom is 0.233 e. The van der Waals surface area contributed by atoms with Gasteiger partial charge in [0.2, 0.25) is 11.7 Å². The van der Waals surface area contributed by atoms with E-state index in [1.807, 2.05) is 24.3 Å². The monoisotopic (exact) mass is 317 g/mol. The molecule has 2 heterocycles. The summed E-state index contributed by atoms with van der Waals surface area (Å²) in [4.78, 5) is 6.98. The van der Waals surface area contributed by atoms with E-state index in [-0.39, 0.29) is 5.41 Å². The van der Waals surface area contributed by atoms with Crippen LogP contribution >= 0.6 is 0 Å². The minimum Gasteiger partial charge on any atom is -0.496 e.